The molecule has 6 rings (SSSR count). The highest BCUT2D eigenvalue weighted by Gasteiger charge is 2.67. The minimum Gasteiger partial charge on any atom is -0.274 e. The molecule has 0 spiro atoms. The van der Waals surface area contributed by atoms with E-state index in [1.165, 1.54) is 17.0 Å². The Balaban J connectivity index is 1.60. The van der Waals surface area contributed by atoms with Gasteiger partial charge >= 0.3 is 0 Å². The van der Waals surface area contributed by atoms with Crippen LogP contribution in [-0.4, -0.2) is 16.7 Å². The number of non-ortho nitro benzene ring substituents is 1. The Labute approximate surface area is 138 Å². The fourth-order valence-electron chi connectivity index (χ4n) is 5.15. The van der Waals surface area contributed by atoms with Crippen LogP contribution in [0.15, 0.2) is 30.4 Å². The van der Waals surface area contributed by atoms with Crippen LogP contribution in [0.3, 0.4) is 0 Å². The molecule has 2 amide bonds. The maximum atomic E-state index is 13.0. The third-order valence-electron chi connectivity index (χ3n) is 6.31. The Morgan fingerprint density at radius 1 is 1.08 bits per heavy atom. The molecular formula is C18H16N2O4. The van der Waals surface area contributed by atoms with Crippen molar-refractivity contribution in [2.75, 3.05) is 4.90 Å². The molecule has 0 aromatic heterocycles. The lowest BCUT2D eigenvalue weighted by Gasteiger charge is -2.37. The number of nitro benzene ring substituents is 1. The van der Waals surface area contributed by atoms with Gasteiger partial charge in [0, 0.05) is 12.1 Å². The van der Waals surface area contributed by atoms with Crippen LogP contribution in [0.5, 0.6) is 0 Å². The predicted octanol–water partition coefficient (Wildman–Crippen LogP) is 2.46. The van der Waals surface area contributed by atoms with E-state index in [4.69, 9.17) is 0 Å². The van der Waals surface area contributed by atoms with Crippen molar-refractivity contribution < 1.29 is 14.5 Å². The van der Waals surface area contributed by atoms with Gasteiger partial charge in [-0.1, -0.05) is 18.2 Å². The zero-order valence-electron chi connectivity index (χ0n) is 13.1. The maximum absolute atomic E-state index is 13.0. The summed E-state index contributed by atoms with van der Waals surface area (Å²) in [5, 5.41) is 11.1. The number of nitro groups is 1. The molecule has 122 valence electrons. The summed E-state index contributed by atoms with van der Waals surface area (Å²) in [5.41, 5.74) is 0.961. The summed E-state index contributed by atoms with van der Waals surface area (Å²) in [6, 6.07) is 4.34. The minimum absolute atomic E-state index is 0.102. The number of rotatable bonds is 2. The fraction of sp³-hybridized carbons (Fsp3) is 0.444. The zero-order chi connectivity index (χ0) is 16.7. The van der Waals surface area contributed by atoms with Crippen molar-refractivity contribution in [1.82, 2.24) is 0 Å². The van der Waals surface area contributed by atoms with Crippen molar-refractivity contribution in [3.8, 4) is 0 Å². The lowest BCUT2D eigenvalue weighted by atomic mass is 9.63. The summed E-state index contributed by atoms with van der Waals surface area (Å²) in [7, 11) is 0. The molecule has 24 heavy (non-hydrogen) atoms. The number of hydrogen-bond acceptors (Lipinski definition) is 4. The van der Waals surface area contributed by atoms with Crippen LogP contribution in [0.25, 0.3) is 0 Å². The van der Waals surface area contributed by atoms with Crippen molar-refractivity contribution in [1.29, 1.82) is 0 Å². The number of aryl methyl sites for hydroxylation is 1. The molecule has 4 aliphatic carbocycles. The molecule has 6 heteroatoms. The van der Waals surface area contributed by atoms with Crippen LogP contribution in [-0.2, 0) is 9.59 Å². The molecule has 0 radical (unpaired) electrons. The molecular weight excluding hydrogens is 308 g/mol. The second-order valence-electron chi connectivity index (χ2n) is 7.39. The van der Waals surface area contributed by atoms with Gasteiger partial charge in [-0.2, -0.15) is 0 Å². The topological polar surface area (TPSA) is 80.5 Å². The van der Waals surface area contributed by atoms with Crippen molar-refractivity contribution in [2.24, 2.45) is 35.5 Å². The molecule has 1 heterocycles. The van der Waals surface area contributed by atoms with Crippen LogP contribution in [0.1, 0.15) is 12.0 Å². The van der Waals surface area contributed by atoms with Crippen molar-refractivity contribution in [3.63, 3.8) is 0 Å². The van der Waals surface area contributed by atoms with E-state index in [2.05, 4.69) is 12.2 Å². The zero-order valence-corrected chi connectivity index (χ0v) is 13.1. The summed E-state index contributed by atoms with van der Waals surface area (Å²) in [4.78, 5) is 37.9. The van der Waals surface area contributed by atoms with Gasteiger partial charge in [-0.15, -0.1) is 0 Å². The highest BCUT2D eigenvalue weighted by Crippen LogP contribution is 2.65. The van der Waals surface area contributed by atoms with Gasteiger partial charge in [0.1, 0.15) is 0 Å². The van der Waals surface area contributed by atoms with Crippen molar-refractivity contribution in [2.45, 2.75) is 13.3 Å². The molecule has 0 N–H and O–H groups in total. The Bertz CT molecular complexity index is 809. The fourth-order valence-corrected chi connectivity index (χ4v) is 5.15. The van der Waals surface area contributed by atoms with Crippen molar-refractivity contribution in [3.05, 3.63) is 46.0 Å². The number of carbonyl (C=O) groups is 2. The van der Waals surface area contributed by atoms with E-state index in [1.807, 2.05) is 0 Å². The summed E-state index contributed by atoms with van der Waals surface area (Å²) >= 11 is 0. The number of nitrogens with zero attached hydrogens (tertiary/aromatic N) is 2. The SMILES string of the molecule is Cc1ccc([N+](=O)[O-])cc1N1C(=O)[C@@H]2[C@@H]3C=C[C@H]([C@H]4C[C@@H]34)[C@@H]2C1=O. The number of carbonyl (C=O) groups excluding carboxylic acids is 2. The van der Waals surface area contributed by atoms with E-state index in [0.29, 0.717) is 23.1 Å². The predicted molar refractivity (Wildman–Crippen MR) is 85.0 cm³/mol. The van der Waals surface area contributed by atoms with Crippen LogP contribution in [0.4, 0.5) is 11.4 Å². The van der Waals surface area contributed by atoms with Crippen LogP contribution >= 0.6 is 0 Å². The Morgan fingerprint density at radius 3 is 2.21 bits per heavy atom. The normalized spacial score (nSPS) is 38.3. The molecule has 0 unspecified atom stereocenters. The van der Waals surface area contributed by atoms with Gasteiger partial charge in [-0.3, -0.25) is 19.7 Å². The van der Waals surface area contributed by atoms with Crippen LogP contribution in [0.2, 0.25) is 0 Å². The monoisotopic (exact) mass is 324 g/mol. The van der Waals surface area contributed by atoms with Gasteiger partial charge in [0.25, 0.3) is 5.69 Å². The number of anilines is 1. The second kappa shape index (κ2) is 4.32. The molecule has 1 aromatic carbocycles. The largest absolute Gasteiger partial charge is 0.274 e. The average Bonchev–Trinajstić information content (AvgIpc) is 3.33. The smallest absolute Gasteiger partial charge is 0.271 e. The molecule has 1 aliphatic heterocycles. The van der Waals surface area contributed by atoms with Crippen LogP contribution < -0.4 is 4.90 Å². The van der Waals surface area contributed by atoms with Gasteiger partial charge in [-0.25, -0.2) is 4.90 Å². The van der Waals surface area contributed by atoms with E-state index in [-0.39, 0.29) is 41.2 Å². The lowest BCUT2D eigenvalue weighted by molar-refractivity contribution is -0.384. The standard InChI is InChI=1S/C18H16N2O4/c1-8-2-3-9(20(23)24)6-14(8)19-17(21)15-10-4-5-11(13-7-12(10)13)16(15)18(19)22/h2-6,10-13,15-16H,7H2,1H3/t10-,11-,12-,13+,15+,16-/m1/s1. The second-order valence-corrected chi connectivity index (χ2v) is 7.39. The molecule has 5 aliphatic rings. The van der Waals surface area contributed by atoms with E-state index < -0.39 is 4.92 Å². The van der Waals surface area contributed by atoms with Crippen LogP contribution in [0, 0.1) is 52.5 Å². The third kappa shape index (κ3) is 1.56. The third-order valence-corrected chi connectivity index (χ3v) is 6.31. The van der Waals surface area contributed by atoms with Gasteiger partial charge in [0.15, 0.2) is 0 Å². The van der Waals surface area contributed by atoms with E-state index in [1.54, 1.807) is 13.0 Å². The molecule has 6 atom stereocenters. The Kier molecular flexibility index (Phi) is 2.50. The molecule has 1 saturated heterocycles. The molecule has 6 nitrogen and oxygen atoms in total. The maximum Gasteiger partial charge on any atom is 0.271 e. The summed E-state index contributed by atoms with van der Waals surface area (Å²) < 4.78 is 0. The van der Waals surface area contributed by atoms with Gasteiger partial charge in [0.05, 0.1) is 22.4 Å². The first kappa shape index (κ1) is 13.9. The van der Waals surface area contributed by atoms with Crippen molar-refractivity contribution >= 4 is 23.2 Å². The van der Waals surface area contributed by atoms with Gasteiger partial charge in [-0.05, 0) is 42.6 Å². The summed E-state index contributed by atoms with van der Waals surface area (Å²) in [5.74, 6) is 0.477. The first-order valence-electron chi connectivity index (χ1n) is 8.30. The van der Waals surface area contributed by atoms with E-state index in [0.717, 1.165) is 6.42 Å². The number of hydrogen-bond donors (Lipinski definition) is 0. The number of amides is 2. The summed E-state index contributed by atoms with van der Waals surface area (Å²) in [6.07, 6.45) is 5.36. The molecule has 3 fully saturated rings. The lowest BCUT2D eigenvalue weighted by Crippen LogP contribution is -2.40. The molecule has 2 bridgehead atoms. The van der Waals surface area contributed by atoms with E-state index in [9.17, 15) is 19.7 Å². The van der Waals surface area contributed by atoms with Gasteiger partial charge in [0.2, 0.25) is 11.8 Å². The summed E-state index contributed by atoms with van der Waals surface area (Å²) in [6.45, 7) is 1.77. The average molecular weight is 324 g/mol. The minimum atomic E-state index is -0.499. The van der Waals surface area contributed by atoms with Gasteiger partial charge < -0.3 is 0 Å². The molecule has 1 aromatic rings. The highest BCUT2D eigenvalue weighted by atomic mass is 16.6. The number of benzene rings is 1. The first-order valence-corrected chi connectivity index (χ1v) is 8.30. The Hall–Kier alpha value is -2.50. The number of imide groups is 1. The highest BCUT2D eigenvalue weighted by molar-refractivity contribution is 6.23. The first-order chi connectivity index (χ1) is 11.5. The Morgan fingerprint density at radius 2 is 1.67 bits per heavy atom. The quantitative estimate of drug-likeness (QED) is 0.362. The number of allylic oxidation sites excluding steroid dienone is 2. The van der Waals surface area contributed by atoms with E-state index >= 15 is 0 Å². The molecule has 2 saturated carbocycles.